The van der Waals surface area contributed by atoms with Gasteiger partial charge in [0.05, 0.1) is 0 Å². The molecule has 1 aliphatic heterocycles. The maximum Gasteiger partial charge on any atom is 0.407 e. The van der Waals surface area contributed by atoms with Gasteiger partial charge in [-0.3, -0.25) is 0 Å². The number of ether oxygens (including phenoxy) is 1. The first kappa shape index (κ1) is 15.2. The maximum atomic E-state index is 11.5. The number of hydrogen-bond donors (Lipinski definition) is 2. The molecule has 3 N–H and O–H groups in total. The summed E-state index contributed by atoms with van der Waals surface area (Å²) in [6, 6.07) is 0. The molecule has 0 aromatic heterocycles. The lowest BCUT2D eigenvalue weighted by molar-refractivity contribution is 0.0507. The van der Waals surface area contributed by atoms with Crippen molar-refractivity contribution in [2.45, 2.75) is 39.2 Å². The first-order chi connectivity index (χ1) is 8.40. The van der Waals surface area contributed by atoms with Gasteiger partial charge in [-0.2, -0.15) is 0 Å². The van der Waals surface area contributed by atoms with E-state index in [0.717, 1.165) is 26.1 Å². The van der Waals surface area contributed by atoms with Crippen molar-refractivity contribution < 1.29 is 9.53 Å². The van der Waals surface area contributed by atoms with E-state index in [1.165, 1.54) is 6.42 Å². The van der Waals surface area contributed by atoms with Gasteiger partial charge in [-0.15, -0.1) is 0 Å². The molecule has 1 aliphatic rings. The maximum absolute atomic E-state index is 11.5. The van der Waals surface area contributed by atoms with Crippen molar-refractivity contribution >= 4 is 6.09 Å². The van der Waals surface area contributed by atoms with Crippen molar-refractivity contribution in [3.8, 4) is 0 Å². The van der Waals surface area contributed by atoms with Gasteiger partial charge in [0.25, 0.3) is 0 Å². The number of alkyl carbamates (subject to hydrolysis) is 1. The molecule has 0 aromatic rings. The summed E-state index contributed by atoms with van der Waals surface area (Å²) in [5, 5.41) is 2.85. The molecule has 1 amide bonds. The van der Waals surface area contributed by atoms with Crippen LogP contribution >= 0.6 is 0 Å². The lowest BCUT2D eigenvalue weighted by Crippen LogP contribution is -2.43. The number of nitrogens with one attached hydrogen (secondary N) is 1. The second-order valence-electron chi connectivity index (χ2n) is 5.98. The van der Waals surface area contributed by atoms with E-state index in [1.807, 2.05) is 20.8 Å². The Morgan fingerprint density at radius 1 is 1.50 bits per heavy atom. The van der Waals surface area contributed by atoms with Crippen LogP contribution in [0, 0.1) is 5.92 Å². The summed E-state index contributed by atoms with van der Waals surface area (Å²) in [5.41, 5.74) is 5.14. The molecule has 1 fully saturated rings. The van der Waals surface area contributed by atoms with Gasteiger partial charge in [0, 0.05) is 26.2 Å². The zero-order valence-corrected chi connectivity index (χ0v) is 11.9. The van der Waals surface area contributed by atoms with Crippen LogP contribution in [-0.4, -0.2) is 49.3 Å². The third kappa shape index (κ3) is 6.21. The Bertz CT molecular complexity index is 261. The highest BCUT2D eigenvalue weighted by atomic mass is 16.6. The standard InChI is InChI=1S/C13H27N3O2/c1-13(2,3)18-12(17)15-9-11-5-4-7-16(10-11)8-6-14/h11H,4-10,14H2,1-3H3,(H,15,17). The molecule has 106 valence electrons. The van der Waals surface area contributed by atoms with Gasteiger partial charge in [0.1, 0.15) is 5.60 Å². The summed E-state index contributed by atoms with van der Waals surface area (Å²) < 4.78 is 5.22. The van der Waals surface area contributed by atoms with E-state index in [2.05, 4.69) is 10.2 Å². The normalized spacial score (nSPS) is 21.7. The van der Waals surface area contributed by atoms with Crippen LogP contribution < -0.4 is 11.1 Å². The number of hydrogen-bond acceptors (Lipinski definition) is 4. The summed E-state index contributed by atoms with van der Waals surface area (Å²) in [6.07, 6.45) is 2.02. The number of carbonyl (C=O) groups excluding carboxylic acids is 1. The second kappa shape index (κ2) is 6.95. The van der Waals surface area contributed by atoms with Crippen molar-refractivity contribution in [2.24, 2.45) is 11.7 Å². The molecule has 1 atom stereocenters. The Balaban J connectivity index is 2.24. The van der Waals surface area contributed by atoms with Crippen LogP contribution in [0.4, 0.5) is 4.79 Å². The van der Waals surface area contributed by atoms with Gasteiger partial charge in [-0.05, 0) is 46.1 Å². The van der Waals surface area contributed by atoms with E-state index in [9.17, 15) is 4.79 Å². The molecule has 0 saturated carbocycles. The average molecular weight is 257 g/mol. The SMILES string of the molecule is CC(C)(C)OC(=O)NCC1CCCN(CCN)C1. The lowest BCUT2D eigenvalue weighted by atomic mass is 9.98. The van der Waals surface area contributed by atoms with Gasteiger partial charge in [0.15, 0.2) is 0 Å². The zero-order valence-electron chi connectivity index (χ0n) is 11.9. The highest BCUT2D eigenvalue weighted by Crippen LogP contribution is 2.15. The number of rotatable bonds is 4. The second-order valence-corrected chi connectivity index (χ2v) is 5.98. The average Bonchev–Trinajstić information content (AvgIpc) is 2.25. The van der Waals surface area contributed by atoms with Gasteiger partial charge in [-0.25, -0.2) is 4.79 Å². The third-order valence-corrected chi connectivity index (χ3v) is 2.98. The molecule has 1 rings (SSSR count). The Morgan fingerprint density at radius 2 is 2.22 bits per heavy atom. The molecule has 0 radical (unpaired) electrons. The smallest absolute Gasteiger partial charge is 0.407 e. The third-order valence-electron chi connectivity index (χ3n) is 2.98. The summed E-state index contributed by atoms with van der Waals surface area (Å²) in [7, 11) is 0. The van der Waals surface area contributed by atoms with Gasteiger partial charge < -0.3 is 20.7 Å². The summed E-state index contributed by atoms with van der Waals surface area (Å²) in [5.74, 6) is 0.512. The number of amides is 1. The number of carbonyl (C=O) groups is 1. The highest BCUT2D eigenvalue weighted by molar-refractivity contribution is 5.67. The monoisotopic (exact) mass is 257 g/mol. The Kier molecular flexibility index (Phi) is 5.88. The van der Waals surface area contributed by atoms with E-state index in [0.29, 0.717) is 19.0 Å². The first-order valence-corrected chi connectivity index (χ1v) is 6.80. The predicted molar refractivity (Wildman–Crippen MR) is 72.5 cm³/mol. The molecule has 0 spiro atoms. The molecule has 1 saturated heterocycles. The Labute approximate surface area is 110 Å². The van der Waals surface area contributed by atoms with E-state index in [-0.39, 0.29) is 6.09 Å². The van der Waals surface area contributed by atoms with Gasteiger partial charge in [0.2, 0.25) is 0 Å². The Hall–Kier alpha value is -0.810. The number of likely N-dealkylation sites (tertiary alicyclic amines) is 1. The number of nitrogens with zero attached hydrogens (tertiary/aromatic N) is 1. The molecule has 0 aromatic carbocycles. The topological polar surface area (TPSA) is 67.6 Å². The van der Waals surface area contributed by atoms with E-state index < -0.39 is 5.60 Å². The van der Waals surface area contributed by atoms with Crippen molar-refractivity contribution in [3.63, 3.8) is 0 Å². The van der Waals surface area contributed by atoms with Crippen LogP contribution in [0.3, 0.4) is 0 Å². The Morgan fingerprint density at radius 3 is 2.83 bits per heavy atom. The van der Waals surface area contributed by atoms with Crippen molar-refractivity contribution in [3.05, 3.63) is 0 Å². The molecule has 0 aliphatic carbocycles. The molecule has 5 heteroatoms. The van der Waals surface area contributed by atoms with Gasteiger partial charge >= 0.3 is 6.09 Å². The minimum atomic E-state index is -0.428. The predicted octanol–water partition coefficient (Wildman–Crippen LogP) is 1.18. The van der Waals surface area contributed by atoms with Crippen molar-refractivity contribution in [2.75, 3.05) is 32.7 Å². The quantitative estimate of drug-likeness (QED) is 0.793. The summed E-state index contributed by atoms with van der Waals surface area (Å²) in [4.78, 5) is 13.9. The molecule has 1 unspecified atom stereocenters. The van der Waals surface area contributed by atoms with E-state index in [1.54, 1.807) is 0 Å². The van der Waals surface area contributed by atoms with Crippen LogP contribution in [0.1, 0.15) is 33.6 Å². The highest BCUT2D eigenvalue weighted by Gasteiger charge is 2.21. The van der Waals surface area contributed by atoms with E-state index >= 15 is 0 Å². The van der Waals surface area contributed by atoms with Gasteiger partial charge in [-0.1, -0.05) is 0 Å². The van der Waals surface area contributed by atoms with Crippen LogP contribution in [0.15, 0.2) is 0 Å². The van der Waals surface area contributed by atoms with E-state index in [4.69, 9.17) is 10.5 Å². The zero-order chi connectivity index (χ0) is 13.6. The first-order valence-electron chi connectivity index (χ1n) is 6.80. The molecule has 0 bridgehead atoms. The number of nitrogens with two attached hydrogens (primary N) is 1. The fourth-order valence-corrected chi connectivity index (χ4v) is 2.25. The van der Waals surface area contributed by atoms with Crippen LogP contribution in [0.2, 0.25) is 0 Å². The summed E-state index contributed by atoms with van der Waals surface area (Å²) in [6.45, 7) is 10.1. The molecular weight excluding hydrogens is 230 g/mol. The molecular formula is C13H27N3O2. The fourth-order valence-electron chi connectivity index (χ4n) is 2.25. The minimum Gasteiger partial charge on any atom is -0.444 e. The van der Waals surface area contributed by atoms with Crippen LogP contribution in [-0.2, 0) is 4.74 Å². The minimum absolute atomic E-state index is 0.321. The summed E-state index contributed by atoms with van der Waals surface area (Å²) >= 11 is 0. The molecule has 18 heavy (non-hydrogen) atoms. The number of piperidine rings is 1. The van der Waals surface area contributed by atoms with Crippen LogP contribution in [0.25, 0.3) is 0 Å². The fraction of sp³-hybridized carbons (Fsp3) is 0.923. The lowest BCUT2D eigenvalue weighted by Gasteiger charge is -2.32. The van der Waals surface area contributed by atoms with Crippen molar-refractivity contribution in [1.82, 2.24) is 10.2 Å². The molecule has 1 heterocycles. The largest absolute Gasteiger partial charge is 0.444 e. The van der Waals surface area contributed by atoms with Crippen LogP contribution in [0.5, 0.6) is 0 Å². The van der Waals surface area contributed by atoms with Crippen molar-refractivity contribution in [1.29, 1.82) is 0 Å². The molecule has 5 nitrogen and oxygen atoms in total.